The third-order valence-electron chi connectivity index (χ3n) is 4.18. The predicted molar refractivity (Wildman–Crippen MR) is 98.2 cm³/mol. The van der Waals surface area contributed by atoms with Crippen molar-refractivity contribution in [2.75, 3.05) is 5.32 Å². The molecule has 0 saturated heterocycles. The van der Waals surface area contributed by atoms with E-state index in [1.165, 1.54) is 25.3 Å². The largest absolute Gasteiger partial charge is 0.347 e. The number of carbonyl (C=O) groups excluding carboxylic acids is 2. The molecular weight excluding hydrogens is 335 g/mol. The van der Waals surface area contributed by atoms with Crippen LogP contribution in [0.4, 0.5) is 10.1 Å². The normalized spacial score (nSPS) is 10.7. The van der Waals surface area contributed by atoms with E-state index in [9.17, 15) is 18.8 Å². The Kier molecular flexibility index (Phi) is 4.67. The number of nitrogens with zero attached hydrogens (tertiary/aromatic N) is 1. The Morgan fingerprint density at radius 3 is 2.54 bits per heavy atom. The second-order valence-corrected chi connectivity index (χ2v) is 5.88. The lowest BCUT2D eigenvalue weighted by Crippen LogP contribution is -2.24. The van der Waals surface area contributed by atoms with Gasteiger partial charge in [0.1, 0.15) is 11.4 Å². The molecule has 0 bridgehead atoms. The second-order valence-electron chi connectivity index (χ2n) is 5.88. The van der Waals surface area contributed by atoms with Crippen molar-refractivity contribution < 1.29 is 14.0 Å². The molecule has 0 radical (unpaired) electrons. The number of fused-ring (bicyclic) bond motifs is 1. The monoisotopic (exact) mass is 352 g/mol. The maximum absolute atomic E-state index is 13.6. The number of aromatic nitrogens is 1. The molecule has 5 nitrogen and oxygen atoms in total. The fourth-order valence-electron chi connectivity index (χ4n) is 2.88. The zero-order valence-electron chi connectivity index (χ0n) is 14.4. The van der Waals surface area contributed by atoms with Gasteiger partial charge in [-0.1, -0.05) is 12.1 Å². The lowest BCUT2D eigenvalue weighted by atomic mass is 10.1. The summed E-state index contributed by atoms with van der Waals surface area (Å²) >= 11 is 0. The molecule has 0 unspecified atom stereocenters. The van der Waals surface area contributed by atoms with Crippen molar-refractivity contribution in [3.05, 3.63) is 75.8 Å². The van der Waals surface area contributed by atoms with Crippen molar-refractivity contribution in [1.82, 2.24) is 4.57 Å². The van der Waals surface area contributed by atoms with Crippen LogP contribution in [-0.4, -0.2) is 16.3 Å². The molecule has 0 aliphatic carbocycles. The second kappa shape index (κ2) is 6.92. The maximum atomic E-state index is 13.6. The Morgan fingerprint density at radius 1 is 1.12 bits per heavy atom. The van der Waals surface area contributed by atoms with Gasteiger partial charge < -0.3 is 9.88 Å². The zero-order chi connectivity index (χ0) is 18.8. The molecule has 6 heteroatoms. The highest BCUT2D eigenvalue weighted by molar-refractivity contribution is 6.09. The van der Waals surface area contributed by atoms with Crippen LogP contribution in [0.3, 0.4) is 0 Å². The summed E-state index contributed by atoms with van der Waals surface area (Å²) in [5.41, 5.74) is 0.570. The SMILES string of the molecule is CCn1cc(C(=O)Nc2ccccc2C(C)=O)c(=O)c2cc(F)ccc21. The number of para-hydroxylation sites is 1. The minimum absolute atomic E-state index is 0.108. The number of hydrogen-bond donors (Lipinski definition) is 1. The number of hydrogen-bond acceptors (Lipinski definition) is 3. The lowest BCUT2D eigenvalue weighted by molar-refractivity contribution is 0.101. The Balaban J connectivity index is 2.11. The van der Waals surface area contributed by atoms with Gasteiger partial charge in [0.25, 0.3) is 5.91 Å². The van der Waals surface area contributed by atoms with E-state index in [2.05, 4.69) is 5.32 Å². The van der Waals surface area contributed by atoms with Gasteiger partial charge in [0.05, 0.1) is 11.2 Å². The third-order valence-corrected chi connectivity index (χ3v) is 4.18. The fourth-order valence-corrected chi connectivity index (χ4v) is 2.88. The number of Topliss-reactive ketones (excluding diaryl/α,β-unsaturated/α-hetero) is 1. The van der Waals surface area contributed by atoms with E-state index < -0.39 is 17.2 Å². The summed E-state index contributed by atoms with van der Waals surface area (Å²) in [6.07, 6.45) is 1.45. The van der Waals surface area contributed by atoms with E-state index in [4.69, 9.17) is 0 Å². The van der Waals surface area contributed by atoms with Crippen LogP contribution >= 0.6 is 0 Å². The van der Waals surface area contributed by atoms with E-state index in [1.54, 1.807) is 28.8 Å². The number of halogens is 1. The lowest BCUT2D eigenvalue weighted by Gasteiger charge is -2.13. The van der Waals surface area contributed by atoms with E-state index in [0.717, 1.165) is 6.07 Å². The van der Waals surface area contributed by atoms with Crippen LogP contribution in [0.2, 0.25) is 0 Å². The van der Waals surface area contributed by atoms with Gasteiger partial charge in [0.15, 0.2) is 5.78 Å². The predicted octanol–water partition coefficient (Wildman–Crippen LogP) is 3.62. The summed E-state index contributed by atoms with van der Waals surface area (Å²) in [7, 11) is 0. The molecule has 1 amide bonds. The third kappa shape index (κ3) is 3.13. The summed E-state index contributed by atoms with van der Waals surface area (Å²) in [4.78, 5) is 37.1. The first-order valence-corrected chi connectivity index (χ1v) is 8.16. The van der Waals surface area contributed by atoms with Gasteiger partial charge in [-0.3, -0.25) is 14.4 Å². The van der Waals surface area contributed by atoms with Gasteiger partial charge in [-0.15, -0.1) is 0 Å². The number of carbonyl (C=O) groups is 2. The van der Waals surface area contributed by atoms with Crippen molar-refractivity contribution in [1.29, 1.82) is 0 Å². The Labute approximate surface area is 149 Å². The highest BCUT2D eigenvalue weighted by atomic mass is 19.1. The molecule has 0 atom stereocenters. The van der Waals surface area contributed by atoms with Crippen LogP contribution in [0, 0.1) is 5.82 Å². The topological polar surface area (TPSA) is 68.2 Å². The summed E-state index contributed by atoms with van der Waals surface area (Å²) in [6.45, 7) is 3.76. The molecule has 0 aliphatic rings. The molecule has 0 aliphatic heterocycles. The van der Waals surface area contributed by atoms with Gasteiger partial charge in [-0.05, 0) is 44.2 Å². The van der Waals surface area contributed by atoms with E-state index in [0.29, 0.717) is 23.3 Å². The van der Waals surface area contributed by atoms with E-state index >= 15 is 0 Å². The van der Waals surface area contributed by atoms with Crippen LogP contribution in [0.25, 0.3) is 10.9 Å². The van der Waals surface area contributed by atoms with E-state index in [-0.39, 0.29) is 16.7 Å². The van der Waals surface area contributed by atoms with Crippen molar-refractivity contribution in [3.63, 3.8) is 0 Å². The Morgan fingerprint density at radius 2 is 1.85 bits per heavy atom. The van der Waals surface area contributed by atoms with Crippen molar-refractivity contribution in [2.45, 2.75) is 20.4 Å². The smallest absolute Gasteiger partial charge is 0.261 e. The molecule has 26 heavy (non-hydrogen) atoms. The van der Waals surface area contributed by atoms with E-state index in [1.807, 2.05) is 6.92 Å². The van der Waals surface area contributed by atoms with Gasteiger partial charge in [0, 0.05) is 23.7 Å². The van der Waals surface area contributed by atoms with Crippen molar-refractivity contribution in [3.8, 4) is 0 Å². The van der Waals surface area contributed by atoms with Gasteiger partial charge in [0.2, 0.25) is 5.43 Å². The van der Waals surface area contributed by atoms with Crippen LogP contribution in [0.1, 0.15) is 34.6 Å². The van der Waals surface area contributed by atoms with Crippen LogP contribution in [-0.2, 0) is 6.54 Å². The summed E-state index contributed by atoms with van der Waals surface area (Å²) in [5, 5.41) is 2.75. The first kappa shape index (κ1) is 17.5. The fraction of sp³-hybridized carbons (Fsp3) is 0.150. The van der Waals surface area contributed by atoms with Gasteiger partial charge in [-0.2, -0.15) is 0 Å². The molecule has 3 aromatic rings. The average Bonchev–Trinajstić information content (AvgIpc) is 2.62. The number of rotatable bonds is 4. The number of amides is 1. The molecule has 3 rings (SSSR count). The highest BCUT2D eigenvalue weighted by Crippen LogP contribution is 2.18. The number of benzene rings is 2. The van der Waals surface area contributed by atoms with Crippen molar-refractivity contribution >= 4 is 28.3 Å². The number of nitrogens with one attached hydrogen (secondary N) is 1. The quantitative estimate of drug-likeness (QED) is 0.729. The average molecular weight is 352 g/mol. The van der Waals surface area contributed by atoms with Gasteiger partial charge >= 0.3 is 0 Å². The molecule has 1 N–H and O–H groups in total. The number of aryl methyl sites for hydroxylation is 1. The first-order chi connectivity index (χ1) is 12.4. The number of anilines is 1. The number of pyridine rings is 1. The van der Waals surface area contributed by atoms with Crippen LogP contribution < -0.4 is 10.7 Å². The summed E-state index contributed by atoms with van der Waals surface area (Å²) < 4.78 is 15.3. The standard InChI is InChI=1S/C20H17FN2O3/c1-3-23-11-16(19(25)15-10-13(21)8-9-18(15)23)20(26)22-17-7-5-4-6-14(17)12(2)24/h4-11H,3H2,1-2H3,(H,22,26). The summed E-state index contributed by atoms with van der Waals surface area (Å²) in [5.74, 6) is -1.39. The summed E-state index contributed by atoms with van der Waals surface area (Å²) in [6, 6.07) is 10.5. The molecule has 1 heterocycles. The number of ketones is 1. The maximum Gasteiger partial charge on any atom is 0.261 e. The molecule has 0 fully saturated rings. The van der Waals surface area contributed by atoms with Crippen LogP contribution in [0.15, 0.2) is 53.5 Å². The molecule has 1 aromatic heterocycles. The first-order valence-electron chi connectivity index (χ1n) is 8.16. The minimum atomic E-state index is -0.642. The van der Waals surface area contributed by atoms with Crippen LogP contribution in [0.5, 0.6) is 0 Å². The highest BCUT2D eigenvalue weighted by Gasteiger charge is 2.17. The minimum Gasteiger partial charge on any atom is -0.347 e. The molecule has 2 aromatic carbocycles. The molecular formula is C20H17FN2O3. The Hall–Kier alpha value is -3.28. The molecule has 0 spiro atoms. The van der Waals surface area contributed by atoms with Crippen molar-refractivity contribution in [2.24, 2.45) is 0 Å². The molecule has 0 saturated carbocycles. The zero-order valence-corrected chi connectivity index (χ0v) is 14.4. The van der Waals surface area contributed by atoms with Gasteiger partial charge in [-0.25, -0.2) is 4.39 Å². The molecule has 132 valence electrons. The Bertz CT molecular complexity index is 1090.